The number of nitrogens with zero attached hydrogens (tertiary/aromatic N) is 5. The Morgan fingerprint density at radius 3 is 2.42 bits per heavy atom. The maximum Gasteiger partial charge on any atom is 0.451 e. The van der Waals surface area contributed by atoms with Gasteiger partial charge in [-0.1, -0.05) is 25.5 Å². The Morgan fingerprint density at radius 2 is 1.78 bits per heavy atom. The molecule has 2 fully saturated rings. The van der Waals surface area contributed by atoms with Gasteiger partial charge in [0.2, 0.25) is 5.82 Å². The van der Waals surface area contributed by atoms with Gasteiger partial charge in [-0.05, 0) is 76.3 Å². The molecule has 266 valence electrons. The van der Waals surface area contributed by atoms with E-state index in [1.165, 1.54) is 18.2 Å². The number of fused-ring (bicyclic) bond motifs is 4. The Bertz CT molecular complexity index is 2090. The number of likely N-dealkylation sites (tertiary alicyclic amines) is 1. The number of aromatic nitrogens is 4. The number of anilines is 1. The van der Waals surface area contributed by atoms with Gasteiger partial charge in [-0.2, -0.15) is 13.2 Å². The summed E-state index contributed by atoms with van der Waals surface area (Å²) in [5.41, 5.74) is 1.47. The summed E-state index contributed by atoms with van der Waals surface area (Å²) in [6, 6.07) is 11.2. The van der Waals surface area contributed by atoms with Gasteiger partial charge in [0.15, 0.2) is 11.4 Å². The molecule has 2 N–H and O–H groups in total. The van der Waals surface area contributed by atoms with E-state index >= 15 is 0 Å². The Hall–Kier alpha value is -5.26. The van der Waals surface area contributed by atoms with E-state index in [4.69, 9.17) is 14.3 Å². The van der Waals surface area contributed by atoms with Gasteiger partial charge >= 0.3 is 18.0 Å². The summed E-state index contributed by atoms with van der Waals surface area (Å²) < 4.78 is 65.6. The van der Waals surface area contributed by atoms with Gasteiger partial charge in [0.25, 0.3) is 0 Å². The van der Waals surface area contributed by atoms with Gasteiger partial charge in [-0.3, -0.25) is 4.57 Å². The SMILES string of the molecule is C#CO.C[C@H]1CN(C(=O)OC(C)(C)C)CCC1n1c(=O)[nH]c2cc(F)ccc21.FC(F)(F)c1nc(N2CCCC2)c2oc3ccccc3c2n1. The number of benzene rings is 2. The zero-order chi connectivity index (χ0) is 36.4. The lowest BCUT2D eigenvalue weighted by Crippen LogP contribution is -2.46. The number of aliphatic hydroxyl groups excluding tert-OH is 1. The summed E-state index contributed by atoms with van der Waals surface area (Å²) in [5.74, 6) is -1.18. The van der Waals surface area contributed by atoms with E-state index in [0.29, 0.717) is 60.2 Å². The third-order valence-corrected chi connectivity index (χ3v) is 8.38. The number of para-hydroxylation sites is 1. The standard InChI is InChI=1S/C18H24FN3O3.C15H12F3N3O.C2H2O/c1-11-10-21(17(24)25-18(2,3)4)8-7-14(11)22-15-6-5-12(19)9-13(15)20-16(22)23;16-15(17,18)14-19-11-9-5-1-2-6-10(9)22-12(11)13(20-14)21-7-3-4-8-21;1-2-3/h5-6,9,11,14H,7-8,10H2,1-4H3,(H,20,23);1-2,5-6H,3-4,7-8H2;1,3H/t11-,14?;;/m0../s1. The summed E-state index contributed by atoms with van der Waals surface area (Å²) in [4.78, 5) is 38.3. The molecule has 11 nitrogen and oxygen atoms in total. The minimum absolute atomic E-state index is 0.0506. The highest BCUT2D eigenvalue weighted by atomic mass is 19.4. The molecule has 1 unspecified atom stereocenters. The normalized spacial score (nSPS) is 18.0. The molecule has 2 saturated heterocycles. The predicted molar refractivity (Wildman–Crippen MR) is 180 cm³/mol. The van der Waals surface area contributed by atoms with E-state index in [2.05, 4.69) is 21.4 Å². The second-order valence-corrected chi connectivity index (χ2v) is 13.2. The van der Waals surface area contributed by atoms with Crippen LogP contribution >= 0.6 is 0 Å². The van der Waals surface area contributed by atoms with E-state index in [-0.39, 0.29) is 40.9 Å². The minimum Gasteiger partial charge on any atom is -0.462 e. The topological polar surface area (TPSA) is 130 Å². The number of alkyl halides is 3. The lowest BCUT2D eigenvalue weighted by Gasteiger charge is -2.38. The second kappa shape index (κ2) is 14.3. The van der Waals surface area contributed by atoms with E-state index in [1.54, 1.807) is 39.8 Å². The van der Waals surface area contributed by atoms with Gasteiger partial charge < -0.3 is 29.0 Å². The van der Waals surface area contributed by atoms with Crippen LogP contribution in [-0.2, 0) is 10.9 Å². The number of carbonyl (C=O) groups is 1. The first kappa shape index (κ1) is 36.0. The van der Waals surface area contributed by atoms with E-state index < -0.39 is 17.6 Å². The number of hydrogen-bond acceptors (Lipinski definition) is 8. The number of H-pyrrole nitrogens is 1. The molecule has 1 amide bonds. The first-order valence-electron chi connectivity index (χ1n) is 16.1. The fourth-order valence-electron chi connectivity index (χ4n) is 6.29. The predicted octanol–water partition coefficient (Wildman–Crippen LogP) is 7.23. The lowest BCUT2D eigenvalue weighted by atomic mass is 9.93. The Balaban J connectivity index is 0.000000181. The smallest absolute Gasteiger partial charge is 0.451 e. The van der Waals surface area contributed by atoms with Crippen molar-refractivity contribution in [3.63, 3.8) is 0 Å². The monoisotopic (exact) mass is 698 g/mol. The molecule has 0 bridgehead atoms. The third kappa shape index (κ3) is 7.79. The molecule has 2 atom stereocenters. The van der Waals surface area contributed by atoms with Crippen molar-refractivity contribution in [1.82, 2.24) is 24.4 Å². The van der Waals surface area contributed by atoms with E-state index in [1.807, 2.05) is 32.6 Å². The fourth-order valence-corrected chi connectivity index (χ4v) is 6.29. The summed E-state index contributed by atoms with van der Waals surface area (Å²) >= 11 is 0. The number of nitrogens with one attached hydrogen (secondary N) is 1. The van der Waals surface area contributed by atoms with Gasteiger partial charge in [0.05, 0.1) is 11.0 Å². The number of piperidine rings is 1. The van der Waals surface area contributed by atoms with Crippen molar-refractivity contribution in [2.75, 3.05) is 31.1 Å². The van der Waals surface area contributed by atoms with E-state index in [9.17, 15) is 27.2 Å². The van der Waals surface area contributed by atoms with Crippen molar-refractivity contribution < 1.29 is 36.6 Å². The molecule has 2 aromatic carbocycles. The van der Waals surface area contributed by atoms with Crippen LogP contribution in [0.5, 0.6) is 0 Å². The number of aliphatic hydroxyl groups is 1. The van der Waals surface area contributed by atoms with Crippen molar-refractivity contribution in [2.45, 2.75) is 64.8 Å². The highest BCUT2D eigenvalue weighted by molar-refractivity contribution is 6.05. The van der Waals surface area contributed by atoms with Crippen LogP contribution in [0.3, 0.4) is 0 Å². The fraction of sp³-hybridized carbons (Fsp3) is 0.429. The quantitative estimate of drug-likeness (QED) is 0.146. The van der Waals surface area contributed by atoms with Crippen molar-refractivity contribution in [1.29, 1.82) is 0 Å². The van der Waals surface area contributed by atoms with E-state index in [0.717, 1.165) is 12.8 Å². The van der Waals surface area contributed by atoms with Crippen molar-refractivity contribution in [2.24, 2.45) is 5.92 Å². The maximum absolute atomic E-state index is 13.4. The molecule has 0 spiro atoms. The Labute approximate surface area is 284 Å². The van der Waals surface area contributed by atoms with Gasteiger partial charge in [-0.15, -0.1) is 0 Å². The van der Waals surface area contributed by atoms with Crippen LogP contribution in [0.2, 0.25) is 0 Å². The number of ether oxygens (including phenoxy) is 1. The zero-order valence-electron chi connectivity index (χ0n) is 28.1. The molecule has 50 heavy (non-hydrogen) atoms. The molecule has 7 rings (SSSR count). The van der Waals surface area contributed by atoms with Crippen LogP contribution in [0.1, 0.15) is 58.8 Å². The number of imidazole rings is 1. The van der Waals surface area contributed by atoms with Crippen LogP contribution in [0.4, 0.5) is 28.2 Å². The summed E-state index contributed by atoms with van der Waals surface area (Å²) in [6.07, 6.45) is 3.01. The molecular formula is C35H38F4N6O5. The summed E-state index contributed by atoms with van der Waals surface area (Å²) in [6.45, 7) is 9.92. The number of carbonyl (C=O) groups excluding carboxylic acids is 1. The molecular weight excluding hydrogens is 660 g/mol. The van der Waals surface area contributed by atoms with Crippen molar-refractivity contribution >= 4 is 45.0 Å². The highest BCUT2D eigenvalue weighted by Gasteiger charge is 2.37. The van der Waals surface area contributed by atoms with Crippen LogP contribution in [0, 0.1) is 24.3 Å². The van der Waals surface area contributed by atoms with Crippen molar-refractivity contribution in [3.8, 4) is 12.5 Å². The summed E-state index contributed by atoms with van der Waals surface area (Å²) in [7, 11) is 0. The minimum atomic E-state index is -4.58. The average Bonchev–Trinajstić information content (AvgIpc) is 3.77. The molecule has 2 aliphatic rings. The highest BCUT2D eigenvalue weighted by Crippen LogP contribution is 2.37. The first-order valence-corrected chi connectivity index (χ1v) is 16.1. The van der Waals surface area contributed by atoms with Crippen LogP contribution in [0.25, 0.3) is 33.1 Å². The van der Waals surface area contributed by atoms with Gasteiger partial charge in [0, 0.05) is 37.6 Å². The molecule has 0 aliphatic carbocycles. The number of amides is 1. The van der Waals surface area contributed by atoms with Crippen LogP contribution in [-0.4, -0.2) is 67.4 Å². The van der Waals surface area contributed by atoms with Crippen molar-refractivity contribution in [3.05, 3.63) is 64.6 Å². The number of hydrogen-bond donors (Lipinski definition) is 2. The van der Waals surface area contributed by atoms with Gasteiger partial charge in [-0.25, -0.2) is 23.9 Å². The number of terminal acetylenes is 1. The second-order valence-electron chi connectivity index (χ2n) is 13.2. The third-order valence-electron chi connectivity index (χ3n) is 8.38. The lowest BCUT2D eigenvalue weighted by molar-refractivity contribution is -0.144. The van der Waals surface area contributed by atoms with Crippen LogP contribution in [0.15, 0.2) is 51.7 Å². The molecule has 0 radical (unpaired) electrons. The number of halogens is 4. The number of rotatable bonds is 2. The molecule has 5 heterocycles. The molecule has 0 saturated carbocycles. The molecule has 3 aromatic heterocycles. The average molecular weight is 699 g/mol. The maximum atomic E-state index is 13.4. The van der Waals surface area contributed by atoms with Crippen LogP contribution < -0.4 is 10.6 Å². The van der Waals surface area contributed by atoms with Gasteiger partial charge in [0.1, 0.15) is 28.6 Å². The Morgan fingerprint density at radius 1 is 1.10 bits per heavy atom. The molecule has 2 aliphatic heterocycles. The largest absolute Gasteiger partial charge is 0.462 e. The number of furan rings is 1. The molecule has 15 heteroatoms. The Kier molecular flexibility index (Phi) is 10.3. The summed E-state index contributed by atoms with van der Waals surface area (Å²) in [5, 5.41) is 7.67. The number of aromatic amines is 1. The first-order chi connectivity index (χ1) is 23.6. The molecule has 5 aromatic rings. The zero-order valence-corrected chi connectivity index (χ0v) is 28.1.